The predicted octanol–water partition coefficient (Wildman–Crippen LogP) is 3.70. The molecule has 0 aliphatic heterocycles. The van der Waals surface area contributed by atoms with Gasteiger partial charge in [-0.2, -0.15) is 0 Å². The van der Waals surface area contributed by atoms with Crippen LogP contribution in [0.4, 0.5) is 10.1 Å². The quantitative estimate of drug-likeness (QED) is 0.892. The summed E-state index contributed by atoms with van der Waals surface area (Å²) in [6.07, 6.45) is 8.81. The minimum Gasteiger partial charge on any atom is -0.380 e. The summed E-state index contributed by atoms with van der Waals surface area (Å²) in [5.41, 5.74) is 6.02. The van der Waals surface area contributed by atoms with Crippen LogP contribution in [0.15, 0.2) is 18.2 Å². The van der Waals surface area contributed by atoms with Gasteiger partial charge in [0, 0.05) is 11.6 Å². The number of primary amides is 1. The lowest BCUT2D eigenvalue weighted by molar-refractivity contribution is 0.100. The number of carbonyl (C=O) groups is 1. The van der Waals surface area contributed by atoms with Crippen LogP contribution in [-0.2, 0) is 0 Å². The molecule has 2 saturated carbocycles. The first kappa shape index (κ1) is 14.4. The number of amides is 1. The summed E-state index contributed by atoms with van der Waals surface area (Å²) in [6.45, 7) is 0. The van der Waals surface area contributed by atoms with Crippen molar-refractivity contribution in [2.24, 2.45) is 17.6 Å². The Morgan fingerprint density at radius 1 is 1.14 bits per heavy atom. The van der Waals surface area contributed by atoms with Crippen LogP contribution in [0.2, 0.25) is 0 Å². The van der Waals surface area contributed by atoms with Crippen molar-refractivity contribution in [3.05, 3.63) is 29.6 Å². The highest BCUT2D eigenvalue weighted by Crippen LogP contribution is 2.41. The van der Waals surface area contributed by atoms with Crippen molar-refractivity contribution in [1.29, 1.82) is 0 Å². The van der Waals surface area contributed by atoms with E-state index in [1.807, 2.05) is 0 Å². The van der Waals surface area contributed by atoms with E-state index in [2.05, 4.69) is 5.32 Å². The second kappa shape index (κ2) is 6.04. The molecule has 3 unspecified atom stereocenters. The maximum absolute atomic E-state index is 13.9. The Morgan fingerprint density at radius 2 is 1.90 bits per heavy atom. The molecule has 0 radical (unpaired) electrons. The molecule has 1 aromatic rings. The zero-order valence-electron chi connectivity index (χ0n) is 12.3. The molecular weight excluding hydrogens is 267 g/mol. The standard InChI is InChI=1S/C17H23FN2O/c18-15-8-6-13(17(19)21)10-16(15)20-14-7-5-11-3-1-2-4-12(11)9-14/h6,8,10-12,14,20H,1-5,7,9H2,(H2,19,21). The lowest BCUT2D eigenvalue weighted by atomic mass is 9.69. The van der Waals surface area contributed by atoms with Gasteiger partial charge in [-0.05, 0) is 49.3 Å². The van der Waals surface area contributed by atoms with E-state index < -0.39 is 5.91 Å². The normalized spacial score (nSPS) is 28.7. The topological polar surface area (TPSA) is 55.1 Å². The molecule has 3 nitrogen and oxygen atoms in total. The fourth-order valence-corrected chi connectivity index (χ4v) is 4.01. The van der Waals surface area contributed by atoms with Crippen molar-refractivity contribution in [3.63, 3.8) is 0 Å². The van der Waals surface area contributed by atoms with Crippen molar-refractivity contribution in [2.75, 3.05) is 5.32 Å². The van der Waals surface area contributed by atoms with E-state index in [0.29, 0.717) is 17.3 Å². The van der Waals surface area contributed by atoms with E-state index in [4.69, 9.17) is 5.73 Å². The molecule has 0 saturated heterocycles. The van der Waals surface area contributed by atoms with Crippen molar-refractivity contribution in [3.8, 4) is 0 Å². The number of halogens is 1. The van der Waals surface area contributed by atoms with Gasteiger partial charge in [0.15, 0.2) is 0 Å². The summed E-state index contributed by atoms with van der Waals surface area (Å²) in [5.74, 6) is 0.825. The van der Waals surface area contributed by atoms with Crippen molar-refractivity contribution >= 4 is 11.6 Å². The largest absolute Gasteiger partial charge is 0.380 e. The Hall–Kier alpha value is -1.58. The fourth-order valence-electron chi connectivity index (χ4n) is 4.01. The fraction of sp³-hybridized carbons (Fsp3) is 0.588. The number of benzene rings is 1. The van der Waals surface area contributed by atoms with Gasteiger partial charge < -0.3 is 11.1 Å². The molecule has 0 heterocycles. The number of fused-ring (bicyclic) bond motifs is 1. The van der Waals surface area contributed by atoms with Crippen LogP contribution in [0.25, 0.3) is 0 Å². The minimum atomic E-state index is -0.519. The van der Waals surface area contributed by atoms with Gasteiger partial charge in [0.1, 0.15) is 5.82 Å². The molecule has 3 N–H and O–H groups in total. The Morgan fingerprint density at radius 3 is 2.67 bits per heavy atom. The monoisotopic (exact) mass is 290 g/mol. The summed E-state index contributed by atoms with van der Waals surface area (Å²) in [4.78, 5) is 11.2. The van der Waals surface area contributed by atoms with Gasteiger partial charge in [-0.1, -0.05) is 25.7 Å². The first-order valence-corrected chi connectivity index (χ1v) is 7.99. The maximum Gasteiger partial charge on any atom is 0.248 e. The molecule has 21 heavy (non-hydrogen) atoms. The molecule has 1 amide bonds. The van der Waals surface area contributed by atoms with Crippen LogP contribution >= 0.6 is 0 Å². The first-order valence-electron chi connectivity index (χ1n) is 7.99. The summed E-state index contributed by atoms with van der Waals surface area (Å²) >= 11 is 0. The second-order valence-electron chi connectivity index (χ2n) is 6.52. The highest BCUT2D eigenvalue weighted by molar-refractivity contribution is 5.93. The number of hydrogen-bond donors (Lipinski definition) is 2. The Labute approximate surface area is 125 Å². The third kappa shape index (κ3) is 3.20. The average Bonchev–Trinajstić information content (AvgIpc) is 2.49. The maximum atomic E-state index is 13.9. The van der Waals surface area contributed by atoms with Gasteiger partial charge in [0.2, 0.25) is 5.91 Å². The van der Waals surface area contributed by atoms with E-state index >= 15 is 0 Å². The minimum absolute atomic E-state index is 0.307. The second-order valence-corrected chi connectivity index (χ2v) is 6.52. The molecule has 114 valence electrons. The summed E-state index contributed by atoms with van der Waals surface area (Å²) in [5, 5.41) is 3.29. The Bertz CT molecular complexity index is 532. The molecule has 1 aromatic carbocycles. The van der Waals surface area contributed by atoms with Crippen LogP contribution in [-0.4, -0.2) is 11.9 Å². The van der Waals surface area contributed by atoms with E-state index in [1.54, 1.807) is 0 Å². The molecule has 4 heteroatoms. The van der Waals surface area contributed by atoms with Crippen LogP contribution in [0.1, 0.15) is 55.3 Å². The van der Waals surface area contributed by atoms with Crippen LogP contribution in [0.5, 0.6) is 0 Å². The highest BCUT2D eigenvalue weighted by atomic mass is 19.1. The van der Waals surface area contributed by atoms with Crippen LogP contribution < -0.4 is 11.1 Å². The first-order chi connectivity index (χ1) is 10.1. The van der Waals surface area contributed by atoms with E-state index in [9.17, 15) is 9.18 Å². The van der Waals surface area contributed by atoms with Gasteiger partial charge in [-0.3, -0.25) is 4.79 Å². The third-order valence-electron chi connectivity index (χ3n) is 5.15. The molecule has 0 spiro atoms. The average molecular weight is 290 g/mol. The summed E-state index contributed by atoms with van der Waals surface area (Å²) in [6, 6.07) is 4.59. The van der Waals surface area contributed by atoms with E-state index in [0.717, 1.165) is 24.7 Å². The number of anilines is 1. The van der Waals surface area contributed by atoms with Gasteiger partial charge in [0.25, 0.3) is 0 Å². The number of rotatable bonds is 3. The third-order valence-corrected chi connectivity index (χ3v) is 5.15. The van der Waals surface area contributed by atoms with Gasteiger partial charge >= 0.3 is 0 Å². The van der Waals surface area contributed by atoms with Crippen LogP contribution in [0.3, 0.4) is 0 Å². The Kier molecular flexibility index (Phi) is 4.13. The molecule has 2 aliphatic carbocycles. The van der Waals surface area contributed by atoms with Crippen LogP contribution in [0, 0.1) is 17.7 Å². The lowest BCUT2D eigenvalue weighted by Gasteiger charge is -2.39. The molecular formula is C17H23FN2O. The van der Waals surface area contributed by atoms with Crippen molar-refractivity contribution in [1.82, 2.24) is 0 Å². The van der Waals surface area contributed by atoms with Gasteiger partial charge in [-0.25, -0.2) is 4.39 Å². The molecule has 3 atom stereocenters. The summed E-state index contributed by atoms with van der Waals surface area (Å²) < 4.78 is 13.9. The number of hydrogen-bond acceptors (Lipinski definition) is 2. The van der Waals surface area contributed by atoms with E-state index in [-0.39, 0.29) is 5.82 Å². The summed E-state index contributed by atoms with van der Waals surface area (Å²) in [7, 11) is 0. The van der Waals surface area contributed by atoms with E-state index in [1.165, 1.54) is 50.3 Å². The molecule has 2 fully saturated rings. The zero-order chi connectivity index (χ0) is 14.8. The molecule has 0 bridgehead atoms. The number of carbonyl (C=O) groups excluding carboxylic acids is 1. The molecule has 3 rings (SSSR count). The highest BCUT2D eigenvalue weighted by Gasteiger charge is 2.32. The van der Waals surface area contributed by atoms with Crippen molar-refractivity contribution < 1.29 is 9.18 Å². The van der Waals surface area contributed by atoms with Gasteiger partial charge in [-0.15, -0.1) is 0 Å². The van der Waals surface area contributed by atoms with Crippen molar-refractivity contribution in [2.45, 2.75) is 51.0 Å². The lowest BCUT2D eigenvalue weighted by Crippen LogP contribution is -2.34. The number of nitrogens with one attached hydrogen (secondary N) is 1. The smallest absolute Gasteiger partial charge is 0.248 e. The molecule has 2 aliphatic rings. The van der Waals surface area contributed by atoms with Gasteiger partial charge in [0.05, 0.1) is 5.69 Å². The SMILES string of the molecule is NC(=O)c1ccc(F)c(NC2CCC3CCCCC3C2)c1. The zero-order valence-corrected chi connectivity index (χ0v) is 12.3. The predicted molar refractivity (Wildman–Crippen MR) is 81.6 cm³/mol. The Balaban J connectivity index is 1.69. The molecule has 0 aromatic heterocycles. The number of nitrogens with two attached hydrogens (primary N) is 1.